The molecule has 4 aromatic heterocycles. The third-order valence-corrected chi connectivity index (χ3v) is 12.4. The summed E-state index contributed by atoms with van der Waals surface area (Å²) in [7, 11) is 0. The van der Waals surface area contributed by atoms with Crippen molar-refractivity contribution < 1.29 is 19.1 Å². The molecule has 10 rings (SSSR count). The predicted octanol–water partition coefficient (Wildman–Crippen LogP) is 9.00. The maximum Gasteiger partial charge on any atom is 0.246 e. The van der Waals surface area contributed by atoms with E-state index < -0.39 is 0 Å². The molecule has 2 N–H and O–H groups in total. The highest BCUT2D eigenvalue weighted by atomic mass is 16.5. The number of benzene rings is 4. The van der Waals surface area contributed by atoms with Gasteiger partial charge < -0.3 is 25.0 Å². The van der Waals surface area contributed by atoms with Gasteiger partial charge in [-0.2, -0.15) is 10.2 Å². The lowest BCUT2D eigenvalue weighted by Crippen LogP contribution is -2.41. The SMILES string of the molecule is C=CC(=O)N1CCC[C@@H](n2nc(-c3ccc(Oc4ccccc4)cc3)c3c(CCCC(=O)N4CCC[C@@H](n5nc(-c6ccc(Oc7ccccc7)cc6)c6c(N)ncnc65)C4)ncnc32)C1. The first kappa shape index (κ1) is 42.0. The monoisotopic (exact) mass is 879 g/mol. The number of aromatic nitrogens is 8. The Balaban J connectivity index is 0.869. The van der Waals surface area contributed by atoms with E-state index in [9.17, 15) is 9.59 Å². The van der Waals surface area contributed by atoms with E-state index in [0.29, 0.717) is 85.1 Å². The molecule has 2 saturated heterocycles. The summed E-state index contributed by atoms with van der Waals surface area (Å²) in [5.41, 5.74) is 11.8. The quantitative estimate of drug-likeness (QED) is 0.110. The van der Waals surface area contributed by atoms with Gasteiger partial charge in [-0.3, -0.25) is 9.59 Å². The van der Waals surface area contributed by atoms with Gasteiger partial charge in [-0.25, -0.2) is 29.3 Å². The molecule has 0 saturated carbocycles. The van der Waals surface area contributed by atoms with Gasteiger partial charge in [0.25, 0.3) is 0 Å². The smallest absolute Gasteiger partial charge is 0.246 e. The minimum absolute atomic E-state index is 0.0731. The van der Waals surface area contributed by atoms with Crippen LogP contribution in [0.1, 0.15) is 56.3 Å². The number of likely N-dealkylation sites (tertiary alicyclic amines) is 2. The highest BCUT2D eigenvalue weighted by Gasteiger charge is 2.31. The largest absolute Gasteiger partial charge is 0.457 e. The Morgan fingerprint density at radius 2 is 1.14 bits per heavy atom. The lowest BCUT2D eigenvalue weighted by Gasteiger charge is -2.33. The molecule has 2 aliphatic rings. The maximum absolute atomic E-state index is 14.0. The topological polar surface area (TPSA) is 172 Å². The molecule has 15 heteroatoms. The van der Waals surface area contributed by atoms with Crippen LogP contribution in [0.5, 0.6) is 23.0 Å². The Bertz CT molecular complexity index is 3010. The van der Waals surface area contributed by atoms with E-state index in [1.165, 1.54) is 12.4 Å². The van der Waals surface area contributed by atoms with Gasteiger partial charge in [0, 0.05) is 43.7 Å². The Morgan fingerprint density at radius 1 is 0.636 bits per heavy atom. The molecule has 0 unspecified atom stereocenters. The summed E-state index contributed by atoms with van der Waals surface area (Å²) in [5.74, 6) is 3.23. The van der Waals surface area contributed by atoms with Crippen molar-refractivity contribution in [2.45, 2.75) is 57.0 Å². The number of ether oxygens (including phenoxy) is 2. The number of anilines is 1. The maximum atomic E-state index is 14.0. The fraction of sp³-hybridized carbons (Fsp3) is 0.255. The van der Waals surface area contributed by atoms with Crippen molar-refractivity contribution in [2.24, 2.45) is 0 Å². The predicted molar refractivity (Wildman–Crippen MR) is 252 cm³/mol. The van der Waals surface area contributed by atoms with Crippen LogP contribution in [0.2, 0.25) is 0 Å². The van der Waals surface area contributed by atoms with E-state index in [1.54, 1.807) is 6.33 Å². The number of amides is 2. The van der Waals surface area contributed by atoms with Crippen LogP contribution in [0.3, 0.4) is 0 Å². The van der Waals surface area contributed by atoms with Crippen LogP contribution in [-0.4, -0.2) is 87.3 Å². The Morgan fingerprint density at radius 3 is 1.71 bits per heavy atom. The lowest BCUT2D eigenvalue weighted by molar-refractivity contribution is -0.133. The van der Waals surface area contributed by atoms with Crippen LogP contribution in [0, 0.1) is 0 Å². The van der Waals surface area contributed by atoms with Crippen LogP contribution in [0.25, 0.3) is 44.6 Å². The van der Waals surface area contributed by atoms with Crippen LogP contribution in [0.15, 0.2) is 135 Å². The van der Waals surface area contributed by atoms with Gasteiger partial charge in [0.2, 0.25) is 11.8 Å². The van der Waals surface area contributed by atoms with E-state index in [2.05, 4.69) is 16.5 Å². The second-order valence-corrected chi connectivity index (χ2v) is 16.7. The minimum Gasteiger partial charge on any atom is -0.457 e. The molecule has 2 amide bonds. The highest BCUT2D eigenvalue weighted by molar-refractivity contribution is 5.98. The van der Waals surface area contributed by atoms with Gasteiger partial charge in [-0.1, -0.05) is 43.0 Å². The Kier molecular flexibility index (Phi) is 11.9. The van der Waals surface area contributed by atoms with Crippen LogP contribution < -0.4 is 15.2 Å². The number of carbonyl (C=O) groups is 2. The number of fused-ring (bicyclic) bond motifs is 2. The normalized spacial score (nSPS) is 16.4. The molecule has 0 bridgehead atoms. The molecular weight excluding hydrogens is 831 g/mol. The van der Waals surface area contributed by atoms with Crippen molar-refractivity contribution in [3.8, 4) is 45.5 Å². The number of carbonyl (C=O) groups excluding carboxylic acids is 2. The first-order valence-corrected chi connectivity index (χ1v) is 22.5. The van der Waals surface area contributed by atoms with E-state index >= 15 is 0 Å². The zero-order chi connectivity index (χ0) is 45.0. The molecule has 0 aliphatic carbocycles. The first-order chi connectivity index (χ1) is 32.4. The molecule has 6 heterocycles. The number of nitrogens with two attached hydrogens (primary N) is 1. The molecule has 0 spiro atoms. The van der Waals surface area contributed by atoms with Crippen molar-refractivity contribution in [3.63, 3.8) is 0 Å². The van der Waals surface area contributed by atoms with Gasteiger partial charge >= 0.3 is 0 Å². The minimum atomic E-state index is -0.106. The third kappa shape index (κ3) is 8.66. The molecular formula is C51H49N11O4. The van der Waals surface area contributed by atoms with Crippen LogP contribution in [-0.2, 0) is 16.0 Å². The summed E-state index contributed by atoms with van der Waals surface area (Å²) >= 11 is 0. The summed E-state index contributed by atoms with van der Waals surface area (Å²) < 4.78 is 16.0. The summed E-state index contributed by atoms with van der Waals surface area (Å²) in [5, 5.41) is 11.8. The molecule has 0 radical (unpaired) electrons. The second kappa shape index (κ2) is 18.6. The van der Waals surface area contributed by atoms with Gasteiger partial charge in [0.15, 0.2) is 11.3 Å². The van der Waals surface area contributed by atoms with E-state index in [0.717, 1.165) is 65.1 Å². The zero-order valence-corrected chi connectivity index (χ0v) is 36.4. The van der Waals surface area contributed by atoms with Crippen LogP contribution >= 0.6 is 0 Å². The number of hydrogen-bond donors (Lipinski definition) is 1. The lowest BCUT2D eigenvalue weighted by atomic mass is 10.0. The van der Waals surface area contributed by atoms with Crippen molar-refractivity contribution >= 4 is 39.7 Å². The summed E-state index contributed by atoms with van der Waals surface area (Å²) in [6.07, 6.45) is 9.20. The van der Waals surface area contributed by atoms with Crippen molar-refractivity contribution in [1.29, 1.82) is 0 Å². The molecule has 2 aliphatic heterocycles. The summed E-state index contributed by atoms with van der Waals surface area (Å²) in [6, 6.07) is 34.7. The van der Waals surface area contributed by atoms with Crippen molar-refractivity contribution in [2.75, 3.05) is 31.9 Å². The van der Waals surface area contributed by atoms with E-state index in [-0.39, 0.29) is 23.9 Å². The molecule has 4 aromatic carbocycles. The fourth-order valence-electron chi connectivity index (χ4n) is 9.17. The number of piperidine rings is 2. The average molecular weight is 880 g/mol. The van der Waals surface area contributed by atoms with Gasteiger partial charge in [-0.05, 0) is 117 Å². The summed E-state index contributed by atoms with van der Waals surface area (Å²) in [6.45, 7) is 6.04. The Labute approximate surface area is 381 Å². The van der Waals surface area contributed by atoms with Crippen molar-refractivity contribution in [3.05, 3.63) is 140 Å². The molecule has 66 heavy (non-hydrogen) atoms. The number of nitrogens with zero attached hydrogens (tertiary/aromatic N) is 10. The molecule has 8 aromatic rings. The fourth-order valence-corrected chi connectivity index (χ4v) is 9.17. The van der Waals surface area contributed by atoms with Gasteiger partial charge in [-0.15, -0.1) is 0 Å². The Hall–Kier alpha value is -7.94. The zero-order valence-electron chi connectivity index (χ0n) is 36.4. The number of aryl methyl sites for hydroxylation is 1. The number of para-hydroxylation sites is 2. The first-order valence-electron chi connectivity index (χ1n) is 22.5. The van der Waals surface area contributed by atoms with E-state index in [4.69, 9.17) is 35.4 Å². The van der Waals surface area contributed by atoms with Gasteiger partial charge in [0.1, 0.15) is 52.9 Å². The third-order valence-electron chi connectivity index (χ3n) is 12.4. The molecule has 2 fully saturated rings. The number of hydrogen-bond acceptors (Lipinski definition) is 11. The van der Waals surface area contributed by atoms with Crippen LogP contribution in [0.4, 0.5) is 5.82 Å². The van der Waals surface area contributed by atoms with Crippen molar-refractivity contribution in [1.82, 2.24) is 49.3 Å². The molecule has 332 valence electrons. The second-order valence-electron chi connectivity index (χ2n) is 16.7. The number of nitrogen functional groups attached to an aromatic ring is 1. The highest BCUT2D eigenvalue weighted by Crippen LogP contribution is 2.37. The molecule has 15 nitrogen and oxygen atoms in total. The van der Waals surface area contributed by atoms with E-state index in [1.807, 2.05) is 128 Å². The molecule has 2 atom stereocenters. The number of rotatable bonds is 13. The summed E-state index contributed by atoms with van der Waals surface area (Å²) in [4.78, 5) is 49.0. The average Bonchev–Trinajstić information content (AvgIpc) is 3.96. The van der Waals surface area contributed by atoms with Gasteiger partial charge in [0.05, 0.1) is 28.6 Å². The standard InChI is InChI=1S/C51H49N11O4/c1-2-43(63)59-28-10-12-36(30-59)61-50-45(47(57-61)34-20-24-40(25-21-34)65-38-14-5-3-6-15-38)42(53-32-55-50)18-9-19-44(64)60-29-11-13-37(31-60)62-51-46(49(52)54-33-56-51)48(58-62)35-22-26-41(27-23-35)66-39-16-7-4-8-17-39/h2-8,14-17,20-27,32-33,36-37H,1,9-13,18-19,28-31H2,(H2,52,54,56)/t36-,37-/m1/s1.